The molecule has 1 aliphatic rings. The average Bonchev–Trinajstić information content (AvgIpc) is 2.74. The summed E-state index contributed by atoms with van der Waals surface area (Å²) in [5, 5.41) is 5.23. The average molecular weight is 475 g/mol. The molecule has 0 aliphatic carbocycles. The maximum Gasteiger partial charge on any atom is 0.422 e. The number of nitrogens with one attached hydrogen (secondary N) is 2. The molecule has 2 atom stereocenters. The van der Waals surface area contributed by atoms with Gasteiger partial charge in [-0.1, -0.05) is 17.7 Å². The fraction of sp³-hybridized carbons (Fsp3) is 0.350. The van der Waals surface area contributed by atoms with E-state index in [-0.39, 0.29) is 29.9 Å². The highest BCUT2D eigenvalue weighted by Gasteiger charge is 2.31. The van der Waals surface area contributed by atoms with Crippen LogP contribution in [0.5, 0.6) is 5.88 Å². The molecular formula is C20H19ClF4N4O3. The number of hydrogen-bond acceptors (Lipinski definition) is 4. The second-order valence-corrected chi connectivity index (χ2v) is 7.46. The molecule has 1 aromatic carbocycles. The molecular weight excluding hydrogens is 456 g/mol. The molecule has 2 N–H and O–H groups in total. The summed E-state index contributed by atoms with van der Waals surface area (Å²) in [5.74, 6) is -1.22. The predicted octanol–water partition coefficient (Wildman–Crippen LogP) is 3.43. The number of ether oxygens (including phenoxy) is 1. The van der Waals surface area contributed by atoms with Gasteiger partial charge >= 0.3 is 12.2 Å². The second-order valence-electron chi connectivity index (χ2n) is 7.05. The van der Waals surface area contributed by atoms with Crippen molar-refractivity contribution in [2.75, 3.05) is 19.7 Å². The third-order valence-electron chi connectivity index (χ3n) is 4.78. The van der Waals surface area contributed by atoms with Gasteiger partial charge in [0.25, 0.3) is 0 Å². The highest BCUT2D eigenvalue weighted by molar-refractivity contribution is 6.30. The summed E-state index contributed by atoms with van der Waals surface area (Å²) in [6, 6.07) is 4.36. The Labute approximate surface area is 185 Å². The molecule has 2 heterocycles. The maximum absolute atomic E-state index is 13.7. The predicted molar refractivity (Wildman–Crippen MR) is 107 cm³/mol. The SMILES string of the molecule is C[C@@H]1C(=O)NCCN1C(=O)N[C@@H](c1ccc(OCC(F)(F)F)nc1)c1ccc(F)c(Cl)c1. The highest BCUT2D eigenvalue weighted by atomic mass is 35.5. The van der Waals surface area contributed by atoms with Crippen molar-refractivity contribution in [1.29, 1.82) is 0 Å². The lowest BCUT2D eigenvalue weighted by Crippen LogP contribution is -2.58. The molecule has 172 valence electrons. The minimum atomic E-state index is -4.51. The number of benzene rings is 1. The van der Waals surface area contributed by atoms with Crippen LogP contribution in [0.15, 0.2) is 36.5 Å². The monoisotopic (exact) mass is 474 g/mol. The number of carbonyl (C=O) groups excluding carboxylic acids is 2. The van der Waals surface area contributed by atoms with E-state index in [0.29, 0.717) is 11.1 Å². The standard InChI is InChI=1S/C20H19ClF4N4O3/c1-11-18(30)26-6-7-29(11)19(31)28-17(12-2-4-15(22)14(21)8-12)13-3-5-16(27-9-13)32-10-20(23,24)25/h2-5,8-9,11,17H,6-7,10H2,1H3,(H,26,30)(H,28,31)/t11-,17-/m1/s1. The van der Waals surface area contributed by atoms with Crippen molar-refractivity contribution in [2.24, 2.45) is 0 Å². The molecule has 0 spiro atoms. The summed E-state index contributed by atoms with van der Waals surface area (Å²) in [4.78, 5) is 30.0. The Morgan fingerprint density at radius 1 is 1.34 bits per heavy atom. The zero-order chi connectivity index (χ0) is 23.5. The van der Waals surface area contributed by atoms with Gasteiger partial charge < -0.3 is 20.3 Å². The van der Waals surface area contributed by atoms with Gasteiger partial charge in [-0.05, 0) is 36.2 Å². The van der Waals surface area contributed by atoms with Gasteiger partial charge in [0.2, 0.25) is 11.8 Å². The number of carbonyl (C=O) groups is 2. The first kappa shape index (κ1) is 23.6. The smallest absolute Gasteiger partial charge is 0.422 e. The van der Waals surface area contributed by atoms with E-state index in [9.17, 15) is 27.2 Å². The van der Waals surface area contributed by atoms with Gasteiger partial charge in [-0.25, -0.2) is 14.2 Å². The molecule has 1 aliphatic heterocycles. The van der Waals surface area contributed by atoms with Gasteiger partial charge in [0, 0.05) is 25.4 Å². The van der Waals surface area contributed by atoms with E-state index in [1.807, 2.05) is 0 Å². The summed E-state index contributed by atoms with van der Waals surface area (Å²) >= 11 is 5.89. The Morgan fingerprint density at radius 2 is 2.06 bits per heavy atom. The lowest BCUT2D eigenvalue weighted by atomic mass is 10.00. The van der Waals surface area contributed by atoms with Crippen LogP contribution in [0, 0.1) is 5.82 Å². The van der Waals surface area contributed by atoms with Crippen LogP contribution in [0.1, 0.15) is 24.1 Å². The Morgan fingerprint density at radius 3 is 2.69 bits per heavy atom. The van der Waals surface area contributed by atoms with Gasteiger partial charge in [0.1, 0.15) is 11.9 Å². The molecule has 0 radical (unpaired) electrons. The molecule has 3 amide bonds. The minimum Gasteiger partial charge on any atom is -0.468 e. The van der Waals surface area contributed by atoms with Crippen LogP contribution in [0.3, 0.4) is 0 Å². The molecule has 0 unspecified atom stereocenters. The van der Waals surface area contributed by atoms with Crippen molar-refractivity contribution in [2.45, 2.75) is 25.2 Å². The van der Waals surface area contributed by atoms with Crippen molar-refractivity contribution >= 4 is 23.5 Å². The van der Waals surface area contributed by atoms with Gasteiger partial charge in [-0.2, -0.15) is 13.2 Å². The lowest BCUT2D eigenvalue weighted by molar-refractivity contribution is -0.154. The summed E-state index contributed by atoms with van der Waals surface area (Å²) in [5.41, 5.74) is 0.791. The molecule has 2 aromatic rings. The van der Waals surface area contributed by atoms with E-state index in [2.05, 4.69) is 20.4 Å². The molecule has 1 fully saturated rings. The first-order chi connectivity index (χ1) is 15.0. The van der Waals surface area contributed by atoms with Gasteiger partial charge in [0.05, 0.1) is 11.1 Å². The van der Waals surface area contributed by atoms with Crippen LogP contribution in [-0.2, 0) is 4.79 Å². The largest absolute Gasteiger partial charge is 0.468 e. The first-order valence-electron chi connectivity index (χ1n) is 9.50. The number of nitrogens with zero attached hydrogens (tertiary/aromatic N) is 2. The van der Waals surface area contributed by atoms with E-state index in [0.717, 1.165) is 6.07 Å². The zero-order valence-electron chi connectivity index (χ0n) is 16.7. The number of halogens is 5. The Bertz CT molecular complexity index is 988. The van der Waals surface area contributed by atoms with Crippen LogP contribution in [0.4, 0.5) is 22.4 Å². The van der Waals surface area contributed by atoms with Gasteiger partial charge in [-0.3, -0.25) is 4.79 Å². The molecule has 32 heavy (non-hydrogen) atoms. The number of alkyl halides is 3. The Balaban J connectivity index is 1.86. The Hall–Kier alpha value is -3.08. The topological polar surface area (TPSA) is 83.6 Å². The fourth-order valence-electron chi connectivity index (χ4n) is 3.12. The molecule has 7 nitrogen and oxygen atoms in total. The van der Waals surface area contributed by atoms with Crippen LogP contribution < -0.4 is 15.4 Å². The van der Waals surface area contributed by atoms with Crippen molar-refractivity contribution in [3.05, 3.63) is 58.5 Å². The minimum absolute atomic E-state index is 0.175. The molecule has 1 aromatic heterocycles. The third-order valence-corrected chi connectivity index (χ3v) is 5.07. The zero-order valence-corrected chi connectivity index (χ0v) is 17.5. The summed E-state index contributed by atoms with van der Waals surface area (Å²) in [6.45, 7) is 0.642. The van der Waals surface area contributed by atoms with Gasteiger partial charge in [-0.15, -0.1) is 0 Å². The molecule has 0 bridgehead atoms. The lowest BCUT2D eigenvalue weighted by Gasteiger charge is -2.34. The van der Waals surface area contributed by atoms with E-state index < -0.39 is 36.7 Å². The molecule has 3 rings (SSSR count). The molecule has 12 heteroatoms. The van der Waals surface area contributed by atoms with Crippen molar-refractivity contribution in [1.82, 2.24) is 20.5 Å². The molecule has 0 saturated carbocycles. The van der Waals surface area contributed by atoms with E-state index in [4.69, 9.17) is 11.6 Å². The highest BCUT2D eigenvalue weighted by Crippen LogP contribution is 2.27. The van der Waals surface area contributed by atoms with Gasteiger partial charge in [0.15, 0.2) is 6.61 Å². The van der Waals surface area contributed by atoms with Crippen LogP contribution >= 0.6 is 11.6 Å². The summed E-state index contributed by atoms with van der Waals surface area (Å²) in [7, 11) is 0. The number of aromatic nitrogens is 1. The maximum atomic E-state index is 13.7. The number of hydrogen-bond donors (Lipinski definition) is 2. The number of rotatable bonds is 5. The number of pyridine rings is 1. The second kappa shape index (κ2) is 9.60. The number of piperazine rings is 1. The number of amides is 3. The summed E-state index contributed by atoms with van der Waals surface area (Å²) < 4.78 is 55.3. The Kier molecular flexibility index (Phi) is 7.07. The van der Waals surface area contributed by atoms with E-state index in [1.165, 1.54) is 35.4 Å². The van der Waals surface area contributed by atoms with E-state index in [1.54, 1.807) is 6.92 Å². The normalized spacial score (nSPS) is 17.5. The van der Waals surface area contributed by atoms with Crippen molar-refractivity contribution in [3.8, 4) is 5.88 Å². The quantitative estimate of drug-likeness (QED) is 0.650. The van der Waals surface area contributed by atoms with Crippen LogP contribution in [-0.4, -0.2) is 53.7 Å². The first-order valence-corrected chi connectivity index (χ1v) is 9.88. The fourth-order valence-corrected chi connectivity index (χ4v) is 3.31. The van der Waals surface area contributed by atoms with Crippen LogP contribution in [0.25, 0.3) is 0 Å². The number of urea groups is 1. The van der Waals surface area contributed by atoms with Crippen molar-refractivity contribution in [3.63, 3.8) is 0 Å². The van der Waals surface area contributed by atoms with Crippen molar-refractivity contribution < 1.29 is 31.9 Å². The van der Waals surface area contributed by atoms with E-state index >= 15 is 0 Å². The van der Waals surface area contributed by atoms with Crippen LogP contribution in [0.2, 0.25) is 5.02 Å². The third kappa shape index (κ3) is 5.78. The summed E-state index contributed by atoms with van der Waals surface area (Å²) in [6.07, 6.45) is -3.28. The molecule has 1 saturated heterocycles.